The standard InChI is InChI=1S/C25H29NO7/c1-18(27)30-17-22-13-26(25(29)32-16-21-11-7-4-8-12-21)14-23(24(22)33-19(2)28)31-15-20-9-5-3-6-10-20/h3-12,22-24H,13-17H2,1-2H3. The highest BCUT2D eigenvalue weighted by atomic mass is 16.6. The highest BCUT2D eigenvalue weighted by molar-refractivity contribution is 5.69. The molecule has 0 aromatic heterocycles. The van der Waals surface area contributed by atoms with Crippen LogP contribution in [0.5, 0.6) is 0 Å². The zero-order valence-electron chi connectivity index (χ0n) is 18.8. The second-order valence-corrected chi connectivity index (χ2v) is 7.92. The number of hydrogen-bond donors (Lipinski definition) is 0. The van der Waals surface area contributed by atoms with E-state index in [1.54, 1.807) is 0 Å². The molecule has 0 saturated carbocycles. The molecular weight excluding hydrogens is 426 g/mol. The Kier molecular flexibility index (Phi) is 8.83. The van der Waals surface area contributed by atoms with Gasteiger partial charge in [-0.05, 0) is 11.1 Å². The predicted molar refractivity (Wildman–Crippen MR) is 119 cm³/mol. The van der Waals surface area contributed by atoms with Gasteiger partial charge in [-0.2, -0.15) is 0 Å². The number of ether oxygens (including phenoxy) is 4. The largest absolute Gasteiger partial charge is 0.465 e. The third-order valence-electron chi connectivity index (χ3n) is 5.26. The van der Waals surface area contributed by atoms with Crippen LogP contribution in [0.1, 0.15) is 25.0 Å². The Labute approximate surface area is 193 Å². The van der Waals surface area contributed by atoms with Crippen LogP contribution in [0, 0.1) is 5.92 Å². The predicted octanol–water partition coefficient (Wildman–Crippen LogP) is 3.34. The fourth-order valence-corrected chi connectivity index (χ4v) is 3.71. The van der Waals surface area contributed by atoms with E-state index in [9.17, 15) is 14.4 Å². The Bertz CT molecular complexity index is 919. The van der Waals surface area contributed by atoms with E-state index in [0.717, 1.165) is 11.1 Å². The van der Waals surface area contributed by atoms with Crippen LogP contribution in [0.15, 0.2) is 60.7 Å². The summed E-state index contributed by atoms with van der Waals surface area (Å²) in [6, 6.07) is 18.9. The van der Waals surface area contributed by atoms with Crippen LogP contribution < -0.4 is 0 Å². The van der Waals surface area contributed by atoms with Gasteiger partial charge in [0.25, 0.3) is 0 Å². The summed E-state index contributed by atoms with van der Waals surface area (Å²) in [5.74, 6) is -1.39. The van der Waals surface area contributed by atoms with Gasteiger partial charge in [0.1, 0.15) is 18.8 Å². The number of carbonyl (C=O) groups is 3. The van der Waals surface area contributed by atoms with E-state index in [2.05, 4.69) is 0 Å². The molecule has 1 aliphatic rings. The Morgan fingerprint density at radius 3 is 2.00 bits per heavy atom. The first-order valence-corrected chi connectivity index (χ1v) is 10.8. The SMILES string of the molecule is CC(=O)OCC1CN(C(=O)OCc2ccccc2)CC(OCc2ccccc2)C1OC(C)=O. The number of likely N-dealkylation sites (tertiary alicyclic amines) is 1. The van der Waals surface area contributed by atoms with Crippen LogP contribution in [-0.4, -0.2) is 54.8 Å². The molecular formula is C25H29NO7. The van der Waals surface area contributed by atoms with Crippen molar-refractivity contribution in [3.8, 4) is 0 Å². The quantitative estimate of drug-likeness (QED) is 0.445. The average Bonchev–Trinajstić information content (AvgIpc) is 2.81. The molecule has 1 heterocycles. The average molecular weight is 456 g/mol. The van der Waals surface area contributed by atoms with E-state index in [0.29, 0.717) is 0 Å². The smallest absolute Gasteiger partial charge is 0.410 e. The summed E-state index contributed by atoms with van der Waals surface area (Å²) in [6.45, 7) is 3.39. The molecule has 1 amide bonds. The van der Waals surface area contributed by atoms with E-state index in [1.807, 2.05) is 60.7 Å². The maximum atomic E-state index is 12.8. The van der Waals surface area contributed by atoms with Gasteiger partial charge < -0.3 is 23.8 Å². The van der Waals surface area contributed by atoms with Gasteiger partial charge in [0, 0.05) is 20.4 Å². The second-order valence-electron chi connectivity index (χ2n) is 7.92. The topological polar surface area (TPSA) is 91.4 Å². The van der Waals surface area contributed by atoms with Crippen LogP contribution in [0.25, 0.3) is 0 Å². The number of carbonyl (C=O) groups excluding carboxylic acids is 3. The van der Waals surface area contributed by atoms with Gasteiger partial charge in [-0.3, -0.25) is 9.59 Å². The lowest BCUT2D eigenvalue weighted by Crippen LogP contribution is -2.57. The highest BCUT2D eigenvalue weighted by Gasteiger charge is 2.42. The van der Waals surface area contributed by atoms with Crippen LogP contribution in [-0.2, 0) is 41.8 Å². The molecule has 3 atom stereocenters. The zero-order valence-corrected chi connectivity index (χ0v) is 18.8. The summed E-state index contributed by atoms with van der Waals surface area (Å²) in [7, 11) is 0. The van der Waals surface area contributed by atoms with Gasteiger partial charge >= 0.3 is 18.0 Å². The summed E-state index contributed by atoms with van der Waals surface area (Å²) >= 11 is 0. The van der Waals surface area contributed by atoms with Crippen molar-refractivity contribution in [1.29, 1.82) is 0 Å². The number of rotatable bonds is 8. The lowest BCUT2D eigenvalue weighted by atomic mass is 9.92. The summed E-state index contributed by atoms with van der Waals surface area (Å²) < 4.78 is 22.3. The molecule has 0 N–H and O–H groups in total. The van der Waals surface area contributed by atoms with Crippen LogP contribution in [0.3, 0.4) is 0 Å². The molecule has 1 saturated heterocycles. The summed E-state index contributed by atoms with van der Waals surface area (Å²) in [5.41, 5.74) is 1.81. The van der Waals surface area contributed by atoms with Crippen molar-refractivity contribution in [3.05, 3.63) is 71.8 Å². The molecule has 3 rings (SSSR count). The fourth-order valence-electron chi connectivity index (χ4n) is 3.71. The van der Waals surface area contributed by atoms with E-state index in [1.165, 1.54) is 18.7 Å². The third-order valence-corrected chi connectivity index (χ3v) is 5.26. The van der Waals surface area contributed by atoms with Gasteiger partial charge in [0.15, 0.2) is 0 Å². The number of benzene rings is 2. The molecule has 33 heavy (non-hydrogen) atoms. The van der Waals surface area contributed by atoms with Gasteiger partial charge in [-0.15, -0.1) is 0 Å². The van der Waals surface area contributed by atoms with E-state index in [4.69, 9.17) is 18.9 Å². The van der Waals surface area contributed by atoms with Crippen LogP contribution >= 0.6 is 0 Å². The highest BCUT2D eigenvalue weighted by Crippen LogP contribution is 2.26. The molecule has 0 bridgehead atoms. The minimum Gasteiger partial charge on any atom is -0.465 e. The summed E-state index contributed by atoms with van der Waals surface area (Å²) in [5, 5.41) is 0. The third kappa shape index (κ3) is 7.61. The van der Waals surface area contributed by atoms with Crippen molar-refractivity contribution in [2.75, 3.05) is 19.7 Å². The molecule has 2 aromatic carbocycles. The monoisotopic (exact) mass is 455 g/mol. The second kappa shape index (κ2) is 12.0. The normalized spacial score (nSPS) is 20.1. The molecule has 1 fully saturated rings. The van der Waals surface area contributed by atoms with Crippen molar-refractivity contribution in [2.24, 2.45) is 5.92 Å². The molecule has 3 unspecified atom stereocenters. The van der Waals surface area contributed by atoms with Crippen molar-refractivity contribution < 1.29 is 33.3 Å². The zero-order chi connectivity index (χ0) is 23.6. The van der Waals surface area contributed by atoms with Gasteiger partial charge in [-0.1, -0.05) is 60.7 Å². The molecule has 2 aromatic rings. The van der Waals surface area contributed by atoms with Gasteiger partial charge in [0.05, 0.1) is 25.7 Å². The minimum atomic E-state index is -0.677. The van der Waals surface area contributed by atoms with Crippen molar-refractivity contribution in [2.45, 2.75) is 39.3 Å². The van der Waals surface area contributed by atoms with E-state index in [-0.39, 0.29) is 32.9 Å². The molecule has 0 radical (unpaired) electrons. The minimum absolute atomic E-state index is 0.0130. The Morgan fingerprint density at radius 2 is 1.42 bits per heavy atom. The molecule has 8 nitrogen and oxygen atoms in total. The van der Waals surface area contributed by atoms with E-state index < -0.39 is 36.2 Å². The number of piperidine rings is 1. The maximum Gasteiger partial charge on any atom is 0.410 e. The Morgan fingerprint density at radius 1 is 0.818 bits per heavy atom. The lowest BCUT2D eigenvalue weighted by molar-refractivity contribution is -0.175. The number of hydrogen-bond acceptors (Lipinski definition) is 7. The van der Waals surface area contributed by atoms with E-state index >= 15 is 0 Å². The molecule has 0 spiro atoms. The van der Waals surface area contributed by atoms with Gasteiger partial charge in [0.2, 0.25) is 0 Å². The van der Waals surface area contributed by atoms with Crippen LogP contribution in [0.2, 0.25) is 0 Å². The first kappa shape index (κ1) is 24.3. The first-order valence-electron chi connectivity index (χ1n) is 10.8. The molecule has 8 heteroatoms. The fraction of sp³-hybridized carbons (Fsp3) is 0.400. The van der Waals surface area contributed by atoms with Crippen LogP contribution in [0.4, 0.5) is 4.79 Å². The first-order chi connectivity index (χ1) is 15.9. The summed E-state index contributed by atoms with van der Waals surface area (Å²) in [6.07, 6.45) is -1.81. The summed E-state index contributed by atoms with van der Waals surface area (Å²) in [4.78, 5) is 37.6. The van der Waals surface area contributed by atoms with Crippen molar-refractivity contribution in [3.63, 3.8) is 0 Å². The molecule has 1 aliphatic heterocycles. The Balaban J connectivity index is 1.73. The molecule has 176 valence electrons. The van der Waals surface area contributed by atoms with Crippen molar-refractivity contribution in [1.82, 2.24) is 4.90 Å². The number of nitrogens with zero attached hydrogens (tertiary/aromatic N) is 1. The maximum absolute atomic E-state index is 12.8. The van der Waals surface area contributed by atoms with Crippen molar-refractivity contribution >= 4 is 18.0 Å². The molecule has 0 aliphatic carbocycles. The lowest BCUT2D eigenvalue weighted by Gasteiger charge is -2.42. The number of amides is 1. The number of esters is 2. The Hall–Kier alpha value is -3.39. The van der Waals surface area contributed by atoms with Gasteiger partial charge in [-0.25, -0.2) is 4.79 Å².